The average Bonchev–Trinajstić information content (AvgIpc) is 2.53. The fourth-order valence-corrected chi connectivity index (χ4v) is 2.78. The van der Waals surface area contributed by atoms with Crippen LogP contribution in [0.15, 0.2) is 61.3 Å². The maximum absolute atomic E-state index is 5.75. The Labute approximate surface area is 140 Å². The van der Waals surface area contributed by atoms with E-state index in [-0.39, 0.29) is 6.10 Å². The zero-order chi connectivity index (χ0) is 17.0. The van der Waals surface area contributed by atoms with Crippen LogP contribution in [0, 0.1) is 0 Å². The van der Waals surface area contributed by atoms with Crippen LogP contribution in [0.3, 0.4) is 0 Å². The average molecular weight is 317 g/mol. The Hall–Kier alpha value is -1.12. The van der Waals surface area contributed by atoms with Gasteiger partial charge in [0.2, 0.25) is 9.76 Å². The first kappa shape index (κ1) is 20.9. The molecule has 22 heavy (non-hydrogen) atoms. The van der Waals surface area contributed by atoms with E-state index in [9.17, 15) is 0 Å². The van der Waals surface area contributed by atoms with Crippen molar-refractivity contribution in [3.05, 3.63) is 61.3 Å². The number of hydrogen-bond acceptors (Lipinski definition) is 1. The van der Waals surface area contributed by atoms with Gasteiger partial charge in [-0.2, -0.15) is 0 Å². The molecule has 0 rings (SSSR count). The summed E-state index contributed by atoms with van der Waals surface area (Å²) >= 11 is 0. The monoisotopic (exact) mass is 316 g/mol. The predicted molar refractivity (Wildman–Crippen MR) is 101 cm³/mol. The molecule has 1 unspecified atom stereocenters. The molecule has 0 aliphatic carbocycles. The van der Waals surface area contributed by atoms with E-state index in [1.54, 1.807) is 6.08 Å². The third-order valence-corrected chi connectivity index (χ3v) is 4.27. The molecular weight excluding hydrogens is 284 g/mol. The van der Waals surface area contributed by atoms with Gasteiger partial charge in [-0.15, -0.1) is 0 Å². The van der Waals surface area contributed by atoms with Gasteiger partial charge >= 0.3 is 0 Å². The second-order valence-corrected chi connectivity index (χ2v) is 6.25. The van der Waals surface area contributed by atoms with Crippen molar-refractivity contribution >= 4 is 9.76 Å². The molecule has 0 saturated heterocycles. The normalized spacial score (nSPS) is 11.7. The molecule has 1 nitrogen and oxygen atoms in total. The number of rotatable bonds is 14. The molecule has 0 aromatic carbocycles. The predicted octanol–water partition coefficient (Wildman–Crippen LogP) is 6.20. The molecule has 0 bridgehead atoms. The molecule has 0 spiro atoms. The fraction of sp³-hybridized carbons (Fsp3) is 0.500. The van der Waals surface area contributed by atoms with Crippen molar-refractivity contribution in [3.8, 4) is 0 Å². The first-order valence-corrected chi connectivity index (χ1v) is 9.60. The number of hydrogen-bond donors (Lipinski definition) is 0. The summed E-state index contributed by atoms with van der Waals surface area (Å²) in [7, 11) is 0.373. The molecule has 0 aliphatic rings. The molecule has 0 fully saturated rings. The molecular formula is C20H32OSi. The van der Waals surface area contributed by atoms with Crippen molar-refractivity contribution in [2.75, 3.05) is 0 Å². The topological polar surface area (TPSA) is 9.23 Å². The summed E-state index contributed by atoms with van der Waals surface area (Å²) in [5.74, 6) is 0. The standard InChI is InChI=1S/C20H32OSi/c1-8-10-11-12-13-14-15-17(4)18(5)19(6)20(21-22-7)16(3)9-2/h9,20H,2-6,8,10-15H2,1,7H3. The van der Waals surface area contributed by atoms with Gasteiger partial charge in [-0.05, 0) is 41.7 Å². The zero-order valence-corrected chi connectivity index (χ0v) is 15.5. The van der Waals surface area contributed by atoms with Crippen molar-refractivity contribution in [1.82, 2.24) is 0 Å². The van der Waals surface area contributed by atoms with Gasteiger partial charge in [-0.1, -0.05) is 78.0 Å². The quantitative estimate of drug-likeness (QED) is 0.210. The Balaban J connectivity index is 4.35. The molecule has 0 aromatic rings. The highest BCUT2D eigenvalue weighted by Crippen LogP contribution is 2.27. The van der Waals surface area contributed by atoms with E-state index >= 15 is 0 Å². The van der Waals surface area contributed by atoms with Crippen LogP contribution in [-0.4, -0.2) is 15.9 Å². The Bertz CT molecular complexity index is 406. The van der Waals surface area contributed by atoms with Gasteiger partial charge < -0.3 is 4.43 Å². The van der Waals surface area contributed by atoms with Gasteiger partial charge in [-0.3, -0.25) is 0 Å². The van der Waals surface area contributed by atoms with Crippen molar-refractivity contribution in [2.45, 2.75) is 64.5 Å². The van der Waals surface area contributed by atoms with E-state index in [2.05, 4.69) is 39.8 Å². The minimum Gasteiger partial charge on any atom is -0.407 e. The van der Waals surface area contributed by atoms with Gasteiger partial charge in [0.15, 0.2) is 0 Å². The highest BCUT2D eigenvalue weighted by Gasteiger charge is 2.18. The molecule has 122 valence electrons. The van der Waals surface area contributed by atoms with Gasteiger partial charge in [0.25, 0.3) is 0 Å². The second-order valence-electron chi connectivity index (χ2n) is 5.61. The lowest BCUT2D eigenvalue weighted by molar-refractivity contribution is 0.298. The van der Waals surface area contributed by atoms with Crippen molar-refractivity contribution in [3.63, 3.8) is 0 Å². The lowest BCUT2D eigenvalue weighted by atomic mass is 9.91. The highest BCUT2D eigenvalue weighted by molar-refractivity contribution is 6.25. The summed E-state index contributed by atoms with van der Waals surface area (Å²) in [6, 6.07) is 0. The third kappa shape index (κ3) is 7.76. The third-order valence-electron chi connectivity index (χ3n) is 3.80. The molecule has 0 saturated carbocycles. The van der Waals surface area contributed by atoms with Gasteiger partial charge in [0.05, 0.1) is 6.10 Å². The van der Waals surface area contributed by atoms with Crippen LogP contribution in [0.5, 0.6) is 0 Å². The molecule has 0 N–H and O–H groups in total. The first-order valence-electron chi connectivity index (χ1n) is 8.19. The maximum atomic E-state index is 5.75. The summed E-state index contributed by atoms with van der Waals surface area (Å²) in [6.45, 7) is 24.4. The second kappa shape index (κ2) is 12.4. The number of allylic oxidation sites excluding steroid dienone is 1. The molecule has 0 heterocycles. The van der Waals surface area contributed by atoms with Crippen LogP contribution in [0.1, 0.15) is 51.9 Å². The summed E-state index contributed by atoms with van der Waals surface area (Å²) in [4.78, 5) is 0. The van der Waals surface area contributed by atoms with Crippen molar-refractivity contribution in [2.24, 2.45) is 0 Å². The van der Waals surface area contributed by atoms with Crippen LogP contribution < -0.4 is 0 Å². The van der Waals surface area contributed by atoms with E-state index in [1.807, 2.05) is 6.55 Å². The van der Waals surface area contributed by atoms with Gasteiger partial charge in [0.1, 0.15) is 0 Å². The van der Waals surface area contributed by atoms with Crippen LogP contribution in [0.4, 0.5) is 0 Å². The highest BCUT2D eigenvalue weighted by atomic mass is 28.2. The van der Waals surface area contributed by atoms with E-state index in [0.29, 0.717) is 9.76 Å². The van der Waals surface area contributed by atoms with Crippen molar-refractivity contribution < 1.29 is 4.43 Å². The molecule has 2 heteroatoms. The molecule has 0 aliphatic heterocycles. The molecule has 1 atom stereocenters. The van der Waals surface area contributed by atoms with E-state index in [1.165, 1.54) is 32.1 Å². The van der Waals surface area contributed by atoms with E-state index < -0.39 is 0 Å². The minimum absolute atomic E-state index is 0.227. The Morgan fingerprint density at radius 2 is 1.64 bits per heavy atom. The van der Waals surface area contributed by atoms with Crippen LogP contribution in [0.2, 0.25) is 6.55 Å². The van der Waals surface area contributed by atoms with E-state index in [0.717, 1.165) is 35.1 Å². The van der Waals surface area contributed by atoms with Crippen molar-refractivity contribution in [1.29, 1.82) is 0 Å². The van der Waals surface area contributed by atoms with Crippen LogP contribution in [-0.2, 0) is 4.43 Å². The summed E-state index contributed by atoms with van der Waals surface area (Å²) in [6.07, 6.45) is 10.2. The molecule has 0 aromatic heterocycles. The SMILES string of the molecule is C=CC(=C)C(O[Si]C)C(=C)C(=C)C(=C)CCCCCCCC. The maximum Gasteiger partial charge on any atom is 0.227 e. The van der Waals surface area contributed by atoms with Gasteiger partial charge in [0, 0.05) is 0 Å². The Morgan fingerprint density at radius 1 is 1.05 bits per heavy atom. The fourth-order valence-electron chi connectivity index (χ4n) is 2.25. The largest absolute Gasteiger partial charge is 0.407 e. The zero-order valence-electron chi connectivity index (χ0n) is 14.5. The van der Waals surface area contributed by atoms with E-state index in [4.69, 9.17) is 4.43 Å². The first-order chi connectivity index (χ1) is 10.5. The Kier molecular flexibility index (Phi) is 11.8. The lowest BCUT2D eigenvalue weighted by Gasteiger charge is -2.23. The van der Waals surface area contributed by atoms with Gasteiger partial charge in [-0.25, -0.2) is 0 Å². The summed E-state index contributed by atoms with van der Waals surface area (Å²) in [5.41, 5.74) is 3.65. The smallest absolute Gasteiger partial charge is 0.227 e. The summed E-state index contributed by atoms with van der Waals surface area (Å²) < 4.78 is 5.75. The van der Waals surface area contributed by atoms with Crippen LogP contribution in [0.25, 0.3) is 0 Å². The van der Waals surface area contributed by atoms with Crippen LogP contribution >= 0.6 is 0 Å². The Morgan fingerprint density at radius 3 is 2.18 bits per heavy atom. The molecule has 2 radical (unpaired) electrons. The molecule has 0 amide bonds. The lowest BCUT2D eigenvalue weighted by Crippen LogP contribution is -2.19. The summed E-state index contributed by atoms with van der Waals surface area (Å²) in [5, 5.41) is 0. The number of unbranched alkanes of at least 4 members (excludes halogenated alkanes) is 5. The minimum atomic E-state index is -0.227.